The molecule has 1 aromatic carbocycles. The average Bonchev–Trinajstić information content (AvgIpc) is 2.80. The highest BCUT2D eigenvalue weighted by Crippen LogP contribution is 2.16. The van der Waals surface area contributed by atoms with Crippen LogP contribution in [-0.4, -0.2) is 17.6 Å². The topological polar surface area (TPSA) is 42.1 Å². The summed E-state index contributed by atoms with van der Waals surface area (Å²) in [4.78, 5) is 14.7. The molecule has 0 spiro atoms. The molecule has 0 aliphatic rings. The molecule has 2 rings (SSSR count). The lowest BCUT2D eigenvalue weighted by molar-refractivity contribution is 0.0519. The number of rotatable bonds is 5. The first-order chi connectivity index (χ1) is 9.61. The fourth-order valence-corrected chi connectivity index (χ4v) is 2.14. The molecule has 0 fully saturated rings. The van der Waals surface area contributed by atoms with E-state index in [0.717, 1.165) is 29.5 Å². The molecule has 0 saturated carbocycles. The van der Waals surface area contributed by atoms with E-state index in [1.54, 1.807) is 19.1 Å². The van der Waals surface area contributed by atoms with E-state index in [0.29, 0.717) is 12.3 Å². The molecule has 4 heteroatoms. The Balaban J connectivity index is 2.03. The molecule has 1 aromatic heterocycles. The van der Waals surface area contributed by atoms with Gasteiger partial charge < -0.3 is 9.72 Å². The molecular formula is C16H18FNO2. The van der Waals surface area contributed by atoms with Crippen LogP contribution in [0.3, 0.4) is 0 Å². The number of aryl methyl sites for hydroxylation is 2. The van der Waals surface area contributed by atoms with Crippen LogP contribution in [-0.2, 0) is 17.6 Å². The fraction of sp³-hybridized carbons (Fsp3) is 0.312. The van der Waals surface area contributed by atoms with Gasteiger partial charge in [0.15, 0.2) is 0 Å². The number of benzene rings is 1. The van der Waals surface area contributed by atoms with Crippen molar-refractivity contribution < 1.29 is 13.9 Å². The maximum atomic E-state index is 12.8. The maximum absolute atomic E-state index is 12.8. The van der Waals surface area contributed by atoms with Gasteiger partial charge in [0.1, 0.15) is 11.5 Å². The second-order valence-electron chi connectivity index (χ2n) is 4.66. The molecule has 0 aliphatic heterocycles. The van der Waals surface area contributed by atoms with Crippen LogP contribution in [0.5, 0.6) is 0 Å². The molecule has 0 atom stereocenters. The third-order valence-electron chi connectivity index (χ3n) is 3.32. The molecule has 2 aromatic rings. The Kier molecular flexibility index (Phi) is 4.56. The van der Waals surface area contributed by atoms with Crippen molar-refractivity contribution in [1.82, 2.24) is 4.98 Å². The molecule has 0 bridgehead atoms. The summed E-state index contributed by atoms with van der Waals surface area (Å²) in [7, 11) is 0. The van der Waals surface area contributed by atoms with Crippen molar-refractivity contribution in [3.63, 3.8) is 0 Å². The molecule has 20 heavy (non-hydrogen) atoms. The molecule has 106 valence electrons. The van der Waals surface area contributed by atoms with Gasteiger partial charge in [-0.3, -0.25) is 0 Å². The minimum absolute atomic E-state index is 0.226. The number of nitrogens with one attached hydrogen (secondary N) is 1. The molecule has 1 heterocycles. The zero-order chi connectivity index (χ0) is 14.5. The van der Waals surface area contributed by atoms with Crippen molar-refractivity contribution in [3.05, 3.63) is 58.7 Å². The lowest BCUT2D eigenvalue weighted by atomic mass is 10.0. The lowest BCUT2D eigenvalue weighted by Crippen LogP contribution is -2.06. The number of ether oxygens (including phenoxy) is 1. The van der Waals surface area contributed by atoms with Gasteiger partial charge in [-0.25, -0.2) is 9.18 Å². The standard InChI is InChI=1S/C16H18FNO2/c1-3-20-16(19)15-11(2)13(10-18-15)7-4-12-5-8-14(17)9-6-12/h5-6,8-10,18H,3-4,7H2,1-2H3. The Morgan fingerprint density at radius 2 is 1.95 bits per heavy atom. The Bertz CT molecular complexity index is 587. The van der Waals surface area contributed by atoms with Crippen LogP contribution >= 0.6 is 0 Å². The Labute approximate surface area is 117 Å². The van der Waals surface area contributed by atoms with E-state index in [1.165, 1.54) is 12.1 Å². The molecule has 0 amide bonds. The minimum atomic E-state index is -0.321. The van der Waals surface area contributed by atoms with Crippen molar-refractivity contribution in [1.29, 1.82) is 0 Å². The van der Waals surface area contributed by atoms with E-state index >= 15 is 0 Å². The van der Waals surface area contributed by atoms with Gasteiger partial charge in [0.2, 0.25) is 0 Å². The van der Waals surface area contributed by atoms with E-state index in [-0.39, 0.29) is 11.8 Å². The number of hydrogen-bond donors (Lipinski definition) is 1. The molecule has 0 radical (unpaired) electrons. The summed E-state index contributed by atoms with van der Waals surface area (Å²) in [5.74, 6) is -0.547. The summed E-state index contributed by atoms with van der Waals surface area (Å²) >= 11 is 0. The van der Waals surface area contributed by atoms with Gasteiger partial charge in [-0.1, -0.05) is 12.1 Å². The SMILES string of the molecule is CCOC(=O)c1[nH]cc(CCc2ccc(F)cc2)c1C. The molecule has 3 nitrogen and oxygen atoms in total. The predicted octanol–water partition coefficient (Wildman–Crippen LogP) is 3.42. The van der Waals surface area contributed by atoms with Crippen LogP contribution in [0.1, 0.15) is 34.1 Å². The normalized spacial score (nSPS) is 10.6. The number of aromatic amines is 1. The Morgan fingerprint density at radius 1 is 1.25 bits per heavy atom. The number of carbonyl (C=O) groups is 1. The Hall–Kier alpha value is -2.10. The van der Waals surface area contributed by atoms with E-state index in [2.05, 4.69) is 4.98 Å². The van der Waals surface area contributed by atoms with Gasteiger partial charge in [0.25, 0.3) is 0 Å². The predicted molar refractivity (Wildman–Crippen MR) is 75.3 cm³/mol. The first-order valence-corrected chi connectivity index (χ1v) is 6.70. The minimum Gasteiger partial charge on any atom is -0.461 e. The van der Waals surface area contributed by atoms with Crippen molar-refractivity contribution in [2.75, 3.05) is 6.61 Å². The van der Waals surface area contributed by atoms with Crippen LogP contribution in [0, 0.1) is 12.7 Å². The number of H-pyrrole nitrogens is 1. The number of halogens is 1. The van der Waals surface area contributed by atoms with Gasteiger partial charge in [-0.2, -0.15) is 0 Å². The van der Waals surface area contributed by atoms with Gasteiger partial charge in [-0.15, -0.1) is 0 Å². The first kappa shape index (κ1) is 14.3. The number of esters is 1. The largest absolute Gasteiger partial charge is 0.461 e. The second kappa shape index (κ2) is 6.37. The van der Waals surface area contributed by atoms with E-state index in [9.17, 15) is 9.18 Å². The summed E-state index contributed by atoms with van der Waals surface area (Å²) in [5, 5.41) is 0. The highest BCUT2D eigenvalue weighted by Gasteiger charge is 2.14. The van der Waals surface area contributed by atoms with Crippen molar-refractivity contribution >= 4 is 5.97 Å². The average molecular weight is 275 g/mol. The number of hydrogen-bond acceptors (Lipinski definition) is 2. The van der Waals surface area contributed by atoms with Crippen LogP contribution in [0.2, 0.25) is 0 Å². The molecule has 0 saturated heterocycles. The van der Waals surface area contributed by atoms with Crippen LogP contribution in [0.4, 0.5) is 4.39 Å². The summed E-state index contributed by atoms with van der Waals surface area (Å²) in [5.41, 5.74) is 3.59. The van der Waals surface area contributed by atoms with Crippen LogP contribution in [0.15, 0.2) is 30.5 Å². The van der Waals surface area contributed by atoms with Gasteiger partial charge in [-0.05, 0) is 55.5 Å². The molecule has 0 aliphatic carbocycles. The van der Waals surface area contributed by atoms with Crippen molar-refractivity contribution in [3.8, 4) is 0 Å². The van der Waals surface area contributed by atoms with Gasteiger partial charge in [0.05, 0.1) is 6.61 Å². The van der Waals surface area contributed by atoms with Crippen LogP contribution < -0.4 is 0 Å². The summed E-state index contributed by atoms with van der Waals surface area (Å²) in [6.45, 7) is 4.05. The Morgan fingerprint density at radius 3 is 2.60 bits per heavy atom. The maximum Gasteiger partial charge on any atom is 0.355 e. The summed E-state index contributed by atoms with van der Waals surface area (Å²) in [6.07, 6.45) is 3.44. The van der Waals surface area contributed by atoms with Crippen molar-refractivity contribution in [2.24, 2.45) is 0 Å². The summed E-state index contributed by atoms with van der Waals surface area (Å²) < 4.78 is 17.8. The van der Waals surface area contributed by atoms with Gasteiger partial charge in [0, 0.05) is 6.20 Å². The smallest absolute Gasteiger partial charge is 0.355 e. The van der Waals surface area contributed by atoms with E-state index in [4.69, 9.17) is 4.74 Å². The molecule has 0 unspecified atom stereocenters. The van der Waals surface area contributed by atoms with Crippen molar-refractivity contribution in [2.45, 2.75) is 26.7 Å². The fourth-order valence-electron chi connectivity index (χ4n) is 2.14. The second-order valence-corrected chi connectivity index (χ2v) is 4.66. The quantitative estimate of drug-likeness (QED) is 0.849. The van der Waals surface area contributed by atoms with Crippen LogP contribution in [0.25, 0.3) is 0 Å². The lowest BCUT2D eigenvalue weighted by Gasteiger charge is -2.03. The molecular weight excluding hydrogens is 257 g/mol. The first-order valence-electron chi connectivity index (χ1n) is 6.70. The van der Waals surface area contributed by atoms with E-state index < -0.39 is 0 Å². The zero-order valence-electron chi connectivity index (χ0n) is 11.7. The molecule has 1 N–H and O–H groups in total. The third kappa shape index (κ3) is 3.26. The monoisotopic (exact) mass is 275 g/mol. The highest BCUT2D eigenvalue weighted by molar-refractivity contribution is 5.89. The van der Waals surface area contributed by atoms with E-state index in [1.807, 2.05) is 13.1 Å². The number of aromatic nitrogens is 1. The number of carbonyl (C=O) groups excluding carboxylic acids is 1. The zero-order valence-corrected chi connectivity index (χ0v) is 11.7. The van der Waals surface area contributed by atoms with Gasteiger partial charge >= 0.3 is 5.97 Å². The summed E-state index contributed by atoms with van der Waals surface area (Å²) in [6, 6.07) is 6.49. The highest BCUT2D eigenvalue weighted by atomic mass is 19.1. The third-order valence-corrected chi connectivity index (χ3v) is 3.32.